The third kappa shape index (κ3) is 4.57. The van der Waals surface area contributed by atoms with Gasteiger partial charge in [-0.25, -0.2) is 0 Å². The first kappa shape index (κ1) is 16.0. The van der Waals surface area contributed by atoms with Crippen LogP contribution in [0, 0.1) is 5.92 Å². The molecule has 0 amide bonds. The molecule has 0 radical (unpaired) electrons. The van der Waals surface area contributed by atoms with Crippen molar-refractivity contribution < 1.29 is 14.4 Å². The minimum absolute atomic E-state index is 0.00939. The Balaban J connectivity index is 1.91. The quantitative estimate of drug-likeness (QED) is 0.843. The molecule has 3 heteroatoms. The molecule has 3 nitrogen and oxygen atoms in total. The van der Waals surface area contributed by atoms with Crippen LogP contribution < -0.4 is 4.90 Å². The maximum atomic E-state index is 11.9. The van der Waals surface area contributed by atoms with E-state index in [4.69, 9.17) is 4.74 Å². The number of ether oxygens (including phenoxy) is 1. The summed E-state index contributed by atoms with van der Waals surface area (Å²) < 4.78 is 5.17. The molecule has 1 heterocycles. The lowest BCUT2D eigenvalue weighted by Gasteiger charge is -2.28. The van der Waals surface area contributed by atoms with Gasteiger partial charge in [-0.1, -0.05) is 38.1 Å². The molecule has 1 aliphatic rings. The standard InChI is InChI=1S/C18H27NO2/c1-4-21-18(20)17-6-5-11-19(13-17)12-15-7-9-16(10-8-15)14(2)3/h7-10,14,17H,4-6,11-13H2,1-3H3/p+1/t17-/m1/s1. The Labute approximate surface area is 128 Å². The van der Waals surface area contributed by atoms with E-state index < -0.39 is 0 Å². The van der Waals surface area contributed by atoms with Gasteiger partial charge in [0, 0.05) is 5.56 Å². The SMILES string of the molecule is CCOC(=O)[C@@H]1CCC[NH+](Cc2ccc(C(C)C)cc2)C1. The van der Waals surface area contributed by atoms with E-state index in [0.717, 1.165) is 32.5 Å². The van der Waals surface area contributed by atoms with Gasteiger partial charge in [0.15, 0.2) is 0 Å². The average molecular weight is 290 g/mol. The van der Waals surface area contributed by atoms with Crippen LogP contribution >= 0.6 is 0 Å². The van der Waals surface area contributed by atoms with Crippen LogP contribution in [0.4, 0.5) is 0 Å². The molecule has 1 N–H and O–H groups in total. The molecule has 1 aliphatic heterocycles. The predicted molar refractivity (Wildman–Crippen MR) is 84.3 cm³/mol. The van der Waals surface area contributed by atoms with Crippen molar-refractivity contribution in [3.63, 3.8) is 0 Å². The van der Waals surface area contributed by atoms with E-state index in [1.165, 1.54) is 16.0 Å². The number of hydrogen-bond donors (Lipinski definition) is 1. The van der Waals surface area contributed by atoms with E-state index in [0.29, 0.717) is 12.5 Å². The number of hydrogen-bond acceptors (Lipinski definition) is 2. The van der Waals surface area contributed by atoms with Crippen molar-refractivity contribution in [3.8, 4) is 0 Å². The van der Waals surface area contributed by atoms with E-state index in [2.05, 4.69) is 38.1 Å². The van der Waals surface area contributed by atoms with Crippen molar-refractivity contribution >= 4 is 5.97 Å². The summed E-state index contributed by atoms with van der Waals surface area (Å²) in [7, 11) is 0. The zero-order valence-electron chi connectivity index (χ0n) is 13.5. The monoisotopic (exact) mass is 290 g/mol. The normalized spacial score (nSPS) is 22.3. The van der Waals surface area contributed by atoms with Crippen LogP contribution in [0.1, 0.15) is 50.7 Å². The van der Waals surface area contributed by atoms with Gasteiger partial charge in [0.05, 0.1) is 19.7 Å². The molecular weight excluding hydrogens is 262 g/mol. The molecule has 2 rings (SSSR count). The summed E-state index contributed by atoms with van der Waals surface area (Å²) in [5, 5.41) is 0. The number of carbonyl (C=O) groups is 1. The van der Waals surface area contributed by atoms with Gasteiger partial charge >= 0.3 is 5.97 Å². The fourth-order valence-corrected chi connectivity index (χ4v) is 3.08. The van der Waals surface area contributed by atoms with Gasteiger partial charge in [-0.3, -0.25) is 4.79 Å². The minimum atomic E-state index is -0.00939. The summed E-state index contributed by atoms with van der Waals surface area (Å²) >= 11 is 0. The van der Waals surface area contributed by atoms with E-state index in [1.807, 2.05) is 6.92 Å². The summed E-state index contributed by atoms with van der Waals surface area (Å²) in [5.74, 6) is 0.656. The highest BCUT2D eigenvalue weighted by Gasteiger charge is 2.29. The molecule has 2 atom stereocenters. The topological polar surface area (TPSA) is 30.7 Å². The molecule has 1 aromatic carbocycles. The smallest absolute Gasteiger partial charge is 0.314 e. The third-order valence-electron chi connectivity index (χ3n) is 4.34. The molecule has 0 spiro atoms. The van der Waals surface area contributed by atoms with Gasteiger partial charge in [0.2, 0.25) is 0 Å². The van der Waals surface area contributed by atoms with Gasteiger partial charge in [-0.05, 0) is 31.2 Å². The first-order chi connectivity index (χ1) is 10.1. The summed E-state index contributed by atoms with van der Waals surface area (Å²) in [4.78, 5) is 13.4. The van der Waals surface area contributed by atoms with Gasteiger partial charge < -0.3 is 9.64 Å². The highest BCUT2D eigenvalue weighted by Crippen LogP contribution is 2.15. The molecule has 1 saturated heterocycles. The number of quaternary nitrogens is 1. The lowest BCUT2D eigenvalue weighted by atomic mass is 9.97. The Morgan fingerprint density at radius 1 is 1.33 bits per heavy atom. The van der Waals surface area contributed by atoms with Crippen molar-refractivity contribution in [2.75, 3.05) is 19.7 Å². The van der Waals surface area contributed by atoms with Gasteiger partial charge in [-0.15, -0.1) is 0 Å². The van der Waals surface area contributed by atoms with Crippen molar-refractivity contribution in [1.82, 2.24) is 0 Å². The predicted octanol–water partition coefficient (Wildman–Crippen LogP) is 2.17. The minimum Gasteiger partial charge on any atom is -0.466 e. The maximum Gasteiger partial charge on any atom is 0.314 e. The Hall–Kier alpha value is -1.35. The van der Waals surface area contributed by atoms with Crippen LogP contribution in [0.25, 0.3) is 0 Å². The zero-order chi connectivity index (χ0) is 15.2. The van der Waals surface area contributed by atoms with Crippen LogP contribution in [0.2, 0.25) is 0 Å². The Morgan fingerprint density at radius 2 is 2.05 bits per heavy atom. The molecular formula is C18H28NO2+. The molecule has 0 aliphatic carbocycles. The maximum absolute atomic E-state index is 11.9. The second kappa shape index (κ2) is 7.60. The van der Waals surface area contributed by atoms with Crippen LogP contribution in [0.5, 0.6) is 0 Å². The van der Waals surface area contributed by atoms with Crippen LogP contribution in [-0.2, 0) is 16.1 Å². The van der Waals surface area contributed by atoms with Gasteiger partial charge in [0.1, 0.15) is 12.5 Å². The van der Waals surface area contributed by atoms with Gasteiger partial charge in [0.25, 0.3) is 0 Å². The molecule has 1 fully saturated rings. The Bertz CT molecular complexity index is 453. The molecule has 1 aromatic rings. The molecule has 116 valence electrons. The number of esters is 1. The first-order valence-electron chi connectivity index (χ1n) is 8.19. The van der Waals surface area contributed by atoms with E-state index >= 15 is 0 Å². The number of likely N-dealkylation sites (tertiary alicyclic amines) is 1. The van der Waals surface area contributed by atoms with Crippen LogP contribution in [0.15, 0.2) is 24.3 Å². The summed E-state index contributed by atoms with van der Waals surface area (Å²) in [6.07, 6.45) is 2.09. The second-order valence-electron chi connectivity index (χ2n) is 6.37. The Morgan fingerprint density at radius 3 is 2.67 bits per heavy atom. The lowest BCUT2D eigenvalue weighted by molar-refractivity contribution is -0.921. The highest BCUT2D eigenvalue weighted by atomic mass is 16.5. The third-order valence-corrected chi connectivity index (χ3v) is 4.34. The number of nitrogens with one attached hydrogen (secondary N) is 1. The zero-order valence-corrected chi connectivity index (χ0v) is 13.5. The van der Waals surface area contributed by atoms with Gasteiger partial charge in [-0.2, -0.15) is 0 Å². The van der Waals surface area contributed by atoms with Crippen molar-refractivity contribution in [2.24, 2.45) is 5.92 Å². The molecule has 1 unspecified atom stereocenters. The second-order valence-corrected chi connectivity index (χ2v) is 6.37. The Kier molecular flexibility index (Phi) is 5.80. The lowest BCUT2D eigenvalue weighted by Crippen LogP contribution is -3.12. The van der Waals surface area contributed by atoms with E-state index in [9.17, 15) is 4.79 Å². The molecule has 21 heavy (non-hydrogen) atoms. The summed E-state index contributed by atoms with van der Waals surface area (Å²) in [6, 6.07) is 8.92. The van der Waals surface area contributed by atoms with Crippen molar-refractivity contribution in [1.29, 1.82) is 0 Å². The number of rotatable bonds is 5. The fourth-order valence-electron chi connectivity index (χ4n) is 3.08. The number of piperidine rings is 1. The highest BCUT2D eigenvalue weighted by molar-refractivity contribution is 5.72. The number of carbonyl (C=O) groups excluding carboxylic acids is 1. The summed E-state index contributed by atoms with van der Waals surface area (Å²) in [5.41, 5.74) is 2.75. The van der Waals surface area contributed by atoms with Crippen LogP contribution in [0.3, 0.4) is 0 Å². The van der Waals surface area contributed by atoms with E-state index in [1.54, 1.807) is 0 Å². The molecule has 0 saturated carbocycles. The molecule has 0 aromatic heterocycles. The number of benzene rings is 1. The van der Waals surface area contributed by atoms with E-state index in [-0.39, 0.29) is 11.9 Å². The average Bonchev–Trinajstić information content (AvgIpc) is 2.48. The van der Waals surface area contributed by atoms with Crippen molar-refractivity contribution in [2.45, 2.75) is 46.1 Å². The largest absolute Gasteiger partial charge is 0.466 e. The van der Waals surface area contributed by atoms with Crippen molar-refractivity contribution in [3.05, 3.63) is 35.4 Å². The fraction of sp³-hybridized carbons (Fsp3) is 0.611. The first-order valence-corrected chi connectivity index (χ1v) is 8.19. The molecule has 0 bridgehead atoms. The summed E-state index contributed by atoms with van der Waals surface area (Å²) in [6.45, 7) is 9.87. The van der Waals surface area contributed by atoms with Crippen LogP contribution in [-0.4, -0.2) is 25.7 Å².